The van der Waals surface area contributed by atoms with Crippen LogP contribution < -0.4 is 15.4 Å². The van der Waals surface area contributed by atoms with E-state index >= 15 is 0 Å². The minimum absolute atomic E-state index is 0.0459. The van der Waals surface area contributed by atoms with Crippen LogP contribution in [0, 0.1) is 0 Å². The van der Waals surface area contributed by atoms with E-state index in [1.54, 1.807) is 54.6 Å². The van der Waals surface area contributed by atoms with E-state index in [0.717, 1.165) is 12.8 Å². The highest BCUT2D eigenvalue weighted by Gasteiger charge is 2.27. The van der Waals surface area contributed by atoms with Crippen molar-refractivity contribution < 1.29 is 22.4 Å². The van der Waals surface area contributed by atoms with Crippen LogP contribution in [0.5, 0.6) is 0 Å². The fourth-order valence-electron chi connectivity index (χ4n) is 2.84. The second kappa shape index (κ2) is 9.21. The van der Waals surface area contributed by atoms with Crippen molar-refractivity contribution in [2.75, 3.05) is 10.6 Å². The van der Waals surface area contributed by atoms with Crippen LogP contribution in [-0.2, 0) is 14.8 Å². The maximum absolute atomic E-state index is 12.2. The Hall–Kier alpha value is -3.69. The van der Waals surface area contributed by atoms with Gasteiger partial charge in [-0.1, -0.05) is 12.1 Å². The summed E-state index contributed by atoms with van der Waals surface area (Å²) in [5, 5.41) is 5.42. The molecule has 0 radical (unpaired) electrons. The molecule has 1 fully saturated rings. The van der Waals surface area contributed by atoms with E-state index in [1.807, 2.05) is 0 Å². The van der Waals surface area contributed by atoms with Crippen LogP contribution in [0.4, 0.5) is 11.4 Å². The molecule has 1 aromatic heterocycles. The van der Waals surface area contributed by atoms with E-state index in [2.05, 4.69) is 15.4 Å². The summed E-state index contributed by atoms with van der Waals surface area (Å²) >= 11 is 0. The minimum atomic E-state index is -3.49. The summed E-state index contributed by atoms with van der Waals surface area (Å²) in [6.07, 6.45) is 6.12. The average molecular weight is 452 g/mol. The van der Waals surface area contributed by atoms with E-state index < -0.39 is 10.0 Å². The smallest absolute Gasteiger partial charge is 0.291 e. The van der Waals surface area contributed by atoms with Crippen LogP contribution in [0.2, 0.25) is 0 Å². The molecular formula is C23H21N3O5S. The highest BCUT2D eigenvalue weighted by molar-refractivity contribution is 7.89. The van der Waals surface area contributed by atoms with Crippen molar-refractivity contribution in [3.8, 4) is 0 Å². The lowest BCUT2D eigenvalue weighted by Gasteiger charge is -2.06. The molecule has 3 aromatic rings. The number of hydrogen-bond donors (Lipinski definition) is 3. The minimum Gasteiger partial charge on any atom is -0.459 e. The van der Waals surface area contributed by atoms with E-state index in [0.29, 0.717) is 16.9 Å². The second-order valence-electron chi connectivity index (χ2n) is 7.30. The van der Waals surface area contributed by atoms with Crippen molar-refractivity contribution in [2.24, 2.45) is 0 Å². The average Bonchev–Trinajstić information content (AvgIpc) is 3.40. The van der Waals surface area contributed by atoms with Crippen molar-refractivity contribution in [3.63, 3.8) is 0 Å². The molecule has 1 aliphatic rings. The Morgan fingerprint density at radius 2 is 1.56 bits per heavy atom. The number of hydrogen-bond acceptors (Lipinski definition) is 5. The quantitative estimate of drug-likeness (QED) is 0.452. The molecule has 1 heterocycles. The van der Waals surface area contributed by atoms with Crippen molar-refractivity contribution in [1.82, 2.24) is 4.72 Å². The highest BCUT2D eigenvalue weighted by Crippen LogP contribution is 2.22. The number of furan rings is 1. The fourth-order valence-corrected chi connectivity index (χ4v) is 4.14. The third-order valence-corrected chi connectivity index (χ3v) is 6.21. The largest absolute Gasteiger partial charge is 0.459 e. The van der Waals surface area contributed by atoms with Crippen molar-refractivity contribution in [2.45, 2.75) is 23.8 Å². The molecule has 0 bridgehead atoms. The maximum Gasteiger partial charge on any atom is 0.291 e. The third kappa shape index (κ3) is 5.71. The number of carbonyl (C=O) groups is 2. The van der Waals surface area contributed by atoms with Gasteiger partial charge in [-0.25, -0.2) is 13.1 Å². The Bertz CT molecular complexity index is 1230. The number of rotatable bonds is 8. The van der Waals surface area contributed by atoms with Crippen LogP contribution in [0.1, 0.15) is 29.0 Å². The first-order valence-electron chi connectivity index (χ1n) is 9.95. The van der Waals surface area contributed by atoms with Crippen molar-refractivity contribution in [3.05, 3.63) is 84.3 Å². The number of sulfonamides is 1. The van der Waals surface area contributed by atoms with E-state index in [9.17, 15) is 18.0 Å². The summed E-state index contributed by atoms with van der Waals surface area (Å²) in [6, 6.07) is 16.2. The van der Waals surface area contributed by atoms with Gasteiger partial charge in [0.1, 0.15) is 0 Å². The number of amides is 2. The molecule has 0 unspecified atom stereocenters. The van der Waals surface area contributed by atoms with Gasteiger partial charge in [-0.2, -0.15) is 0 Å². The van der Waals surface area contributed by atoms with Gasteiger partial charge in [0.05, 0.1) is 11.2 Å². The molecule has 2 aromatic carbocycles. The predicted molar refractivity (Wildman–Crippen MR) is 121 cm³/mol. The molecule has 0 atom stereocenters. The Balaban J connectivity index is 1.30. The van der Waals surface area contributed by atoms with Gasteiger partial charge < -0.3 is 15.1 Å². The molecule has 3 N–H and O–H groups in total. The number of benzene rings is 2. The molecule has 32 heavy (non-hydrogen) atoms. The molecule has 0 spiro atoms. The van der Waals surface area contributed by atoms with Gasteiger partial charge in [0.25, 0.3) is 5.91 Å². The molecule has 9 heteroatoms. The van der Waals surface area contributed by atoms with Crippen LogP contribution in [0.3, 0.4) is 0 Å². The Morgan fingerprint density at radius 3 is 2.16 bits per heavy atom. The lowest BCUT2D eigenvalue weighted by molar-refractivity contribution is -0.111. The van der Waals surface area contributed by atoms with E-state index in [-0.39, 0.29) is 28.5 Å². The first-order chi connectivity index (χ1) is 15.4. The lowest BCUT2D eigenvalue weighted by atomic mass is 10.2. The topological polar surface area (TPSA) is 118 Å². The molecular weight excluding hydrogens is 430 g/mol. The zero-order valence-corrected chi connectivity index (χ0v) is 17.8. The van der Waals surface area contributed by atoms with Gasteiger partial charge in [-0.3, -0.25) is 9.59 Å². The van der Waals surface area contributed by atoms with E-state index in [1.165, 1.54) is 24.5 Å². The summed E-state index contributed by atoms with van der Waals surface area (Å²) in [6.45, 7) is 0. The Labute approximate surface area is 185 Å². The first kappa shape index (κ1) is 21.5. The van der Waals surface area contributed by atoms with Crippen LogP contribution in [0.15, 0.2) is 82.3 Å². The van der Waals surface area contributed by atoms with Gasteiger partial charge in [0.15, 0.2) is 5.76 Å². The fraction of sp³-hybridized carbons (Fsp3) is 0.130. The van der Waals surface area contributed by atoms with Crippen LogP contribution in [0.25, 0.3) is 6.08 Å². The normalized spacial score (nSPS) is 13.8. The molecule has 8 nitrogen and oxygen atoms in total. The Morgan fingerprint density at radius 1 is 0.906 bits per heavy atom. The van der Waals surface area contributed by atoms with Gasteiger partial charge in [-0.15, -0.1) is 0 Å². The highest BCUT2D eigenvalue weighted by atomic mass is 32.2. The zero-order valence-electron chi connectivity index (χ0n) is 16.9. The zero-order chi connectivity index (χ0) is 22.6. The Kier molecular flexibility index (Phi) is 6.20. The summed E-state index contributed by atoms with van der Waals surface area (Å²) in [4.78, 5) is 24.3. The number of carbonyl (C=O) groups excluding carboxylic acids is 2. The predicted octanol–water partition coefficient (Wildman–Crippen LogP) is 3.62. The summed E-state index contributed by atoms with van der Waals surface area (Å²) in [5.74, 6) is -0.501. The molecule has 1 aliphatic carbocycles. The van der Waals surface area contributed by atoms with Crippen molar-refractivity contribution in [1.29, 1.82) is 0 Å². The standard InChI is InChI=1S/C23H21N3O5S/c27-22(14-5-16-3-12-20(13-4-16)32(29,30)26-19-10-11-19)24-17-6-8-18(9-7-17)25-23(28)21-2-1-15-31-21/h1-9,12-15,19,26H,10-11H2,(H,24,27)(H,25,28)/b14-5+. The SMILES string of the molecule is O=C(/C=C/c1ccc(S(=O)(=O)NC2CC2)cc1)Nc1ccc(NC(=O)c2ccco2)cc1. The van der Waals surface area contributed by atoms with Gasteiger partial charge in [0, 0.05) is 23.5 Å². The summed E-state index contributed by atoms with van der Waals surface area (Å²) < 4.78 is 32.0. The molecule has 0 saturated heterocycles. The summed E-state index contributed by atoms with van der Waals surface area (Å²) in [7, 11) is -3.49. The van der Waals surface area contributed by atoms with Gasteiger partial charge in [0.2, 0.25) is 15.9 Å². The molecule has 1 saturated carbocycles. The van der Waals surface area contributed by atoms with E-state index in [4.69, 9.17) is 4.42 Å². The monoisotopic (exact) mass is 451 g/mol. The molecule has 0 aliphatic heterocycles. The van der Waals surface area contributed by atoms with Crippen LogP contribution >= 0.6 is 0 Å². The summed E-state index contributed by atoms with van der Waals surface area (Å²) in [5.41, 5.74) is 1.82. The third-order valence-electron chi connectivity index (χ3n) is 4.67. The second-order valence-corrected chi connectivity index (χ2v) is 9.01. The van der Waals surface area contributed by atoms with Gasteiger partial charge in [-0.05, 0) is 73.0 Å². The molecule has 2 amide bonds. The van der Waals surface area contributed by atoms with Crippen molar-refractivity contribution >= 4 is 39.3 Å². The number of anilines is 2. The lowest BCUT2D eigenvalue weighted by Crippen LogP contribution is -2.25. The first-order valence-corrected chi connectivity index (χ1v) is 11.4. The molecule has 164 valence electrons. The maximum atomic E-state index is 12.2. The van der Waals surface area contributed by atoms with Crippen LogP contribution in [-0.4, -0.2) is 26.3 Å². The molecule has 4 rings (SSSR count). The van der Waals surface area contributed by atoms with Gasteiger partial charge >= 0.3 is 0 Å². The number of nitrogens with one attached hydrogen (secondary N) is 3.